The summed E-state index contributed by atoms with van der Waals surface area (Å²) >= 11 is 0. The third kappa shape index (κ3) is 2.71. The molecule has 2 rings (SSSR count). The summed E-state index contributed by atoms with van der Waals surface area (Å²) in [5, 5.41) is 0. The largest absolute Gasteiger partial charge is 0.328 e. The van der Waals surface area contributed by atoms with E-state index in [1.807, 2.05) is 13.0 Å². The molecule has 0 spiro atoms. The van der Waals surface area contributed by atoms with Gasteiger partial charge >= 0.3 is 0 Å². The second kappa shape index (κ2) is 4.95. The standard InChI is InChI=1S/C15H17N/c1-12(16)11-13-7-9-15(10-8-13)14-5-3-2-4-6-14/h2-10,12H,11,16H2,1H3/t12-/m0/s1. The molecule has 1 heteroatoms. The summed E-state index contributed by atoms with van der Waals surface area (Å²) in [5.74, 6) is 0. The molecule has 0 aliphatic carbocycles. The molecule has 16 heavy (non-hydrogen) atoms. The predicted molar refractivity (Wildman–Crippen MR) is 69.2 cm³/mol. The second-order valence-corrected chi connectivity index (χ2v) is 4.24. The smallest absolute Gasteiger partial charge is 0.00509 e. The van der Waals surface area contributed by atoms with E-state index in [1.54, 1.807) is 0 Å². The Hall–Kier alpha value is -1.60. The van der Waals surface area contributed by atoms with Crippen LogP contribution in [0.15, 0.2) is 54.6 Å². The summed E-state index contributed by atoms with van der Waals surface area (Å²) in [7, 11) is 0. The van der Waals surface area contributed by atoms with Crippen molar-refractivity contribution in [1.82, 2.24) is 0 Å². The zero-order chi connectivity index (χ0) is 11.4. The molecule has 0 bridgehead atoms. The van der Waals surface area contributed by atoms with Crippen LogP contribution in [0.25, 0.3) is 11.1 Å². The van der Waals surface area contributed by atoms with Crippen LogP contribution in [-0.2, 0) is 6.42 Å². The number of rotatable bonds is 3. The van der Waals surface area contributed by atoms with Gasteiger partial charge in [0.05, 0.1) is 0 Å². The van der Waals surface area contributed by atoms with Crippen LogP contribution in [0.5, 0.6) is 0 Å². The van der Waals surface area contributed by atoms with E-state index in [-0.39, 0.29) is 6.04 Å². The first-order valence-electron chi connectivity index (χ1n) is 5.65. The van der Waals surface area contributed by atoms with Gasteiger partial charge in [0.1, 0.15) is 0 Å². The van der Waals surface area contributed by atoms with E-state index in [4.69, 9.17) is 5.73 Å². The highest BCUT2D eigenvalue weighted by molar-refractivity contribution is 5.63. The summed E-state index contributed by atoms with van der Waals surface area (Å²) in [6.45, 7) is 2.03. The molecule has 82 valence electrons. The van der Waals surface area contributed by atoms with Crippen molar-refractivity contribution in [1.29, 1.82) is 0 Å². The maximum Gasteiger partial charge on any atom is 0.00509 e. The van der Waals surface area contributed by atoms with Crippen LogP contribution in [0.2, 0.25) is 0 Å². The van der Waals surface area contributed by atoms with Gasteiger partial charge in [-0.05, 0) is 30.0 Å². The molecular weight excluding hydrogens is 194 g/mol. The fourth-order valence-electron chi connectivity index (χ4n) is 1.84. The SMILES string of the molecule is C[C@H](N)Cc1ccc(-c2ccccc2)cc1. The van der Waals surface area contributed by atoms with Crippen LogP contribution in [0.3, 0.4) is 0 Å². The lowest BCUT2D eigenvalue weighted by atomic mass is 10.0. The van der Waals surface area contributed by atoms with Crippen molar-refractivity contribution in [3.63, 3.8) is 0 Å². The van der Waals surface area contributed by atoms with Crippen LogP contribution in [0, 0.1) is 0 Å². The van der Waals surface area contributed by atoms with Crippen molar-refractivity contribution in [2.24, 2.45) is 5.73 Å². The number of nitrogens with two attached hydrogens (primary N) is 1. The molecule has 0 radical (unpaired) electrons. The monoisotopic (exact) mass is 211 g/mol. The highest BCUT2D eigenvalue weighted by Gasteiger charge is 1.99. The highest BCUT2D eigenvalue weighted by Crippen LogP contribution is 2.19. The molecule has 2 aromatic rings. The van der Waals surface area contributed by atoms with Crippen molar-refractivity contribution < 1.29 is 0 Å². The topological polar surface area (TPSA) is 26.0 Å². The third-order valence-corrected chi connectivity index (χ3v) is 2.62. The van der Waals surface area contributed by atoms with Crippen LogP contribution in [0.4, 0.5) is 0 Å². The second-order valence-electron chi connectivity index (χ2n) is 4.24. The number of hydrogen-bond acceptors (Lipinski definition) is 1. The molecule has 2 aromatic carbocycles. The fraction of sp³-hybridized carbons (Fsp3) is 0.200. The van der Waals surface area contributed by atoms with Crippen LogP contribution in [0.1, 0.15) is 12.5 Å². The lowest BCUT2D eigenvalue weighted by Gasteiger charge is -2.06. The molecule has 0 fully saturated rings. The molecule has 0 aliphatic rings. The minimum Gasteiger partial charge on any atom is -0.328 e. The van der Waals surface area contributed by atoms with Crippen molar-refractivity contribution in [2.45, 2.75) is 19.4 Å². The molecule has 0 aliphatic heterocycles. The Kier molecular flexibility index (Phi) is 3.37. The van der Waals surface area contributed by atoms with Crippen LogP contribution in [-0.4, -0.2) is 6.04 Å². The van der Waals surface area contributed by atoms with Gasteiger partial charge in [0.25, 0.3) is 0 Å². The molecule has 0 unspecified atom stereocenters. The third-order valence-electron chi connectivity index (χ3n) is 2.62. The average molecular weight is 211 g/mol. The zero-order valence-corrected chi connectivity index (χ0v) is 9.56. The van der Waals surface area contributed by atoms with Gasteiger partial charge < -0.3 is 5.73 Å². The lowest BCUT2D eigenvalue weighted by molar-refractivity contribution is 0.738. The minimum absolute atomic E-state index is 0.225. The van der Waals surface area contributed by atoms with Gasteiger partial charge in [-0.25, -0.2) is 0 Å². The van der Waals surface area contributed by atoms with Crippen molar-refractivity contribution in [3.05, 3.63) is 60.2 Å². The Labute approximate surface area is 96.9 Å². The van der Waals surface area contributed by atoms with E-state index in [2.05, 4.69) is 48.5 Å². The molecule has 1 atom stereocenters. The Bertz CT molecular complexity index is 429. The zero-order valence-electron chi connectivity index (χ0n) is 9.56. The Morgan fingerprint density at radius 1 is 0.875 bits per heavy atom. The van der Waals surface area contributed by atoms with Gasteiger partial charge in [0, 0.05) is 6.04 Å². The van der Waals surface area contributed by atoms with E-state index in [9.17, 15) is 0 Å². The Morgan fingerprint density at radius 3 is 2.00 bits per heavy atom. The summed E-state index contributed by atoms with van der Waals surface area (Å²) in [6, 6.07) is 19.3. The predicted octanol–water partition coefficient (Wildman–Crippen LogP) is 3.24. The van der Waals surface area contributed by atoms with Crippen LogP contribution < -0.4 is 5.73 Å². The average Bonchev–Trinajstić information content (AvgIpc) is 2.30. The van der Waals surface area contributed by atoms with Crippen molar-refractivity contribution in [2.75, 3.05) is 0 Å². The molecule has 1 nitrogen and oxygen atoms in total. The molecule has 0 saturated heterocycles. The van der Waals surface area contributed by atoms with Gasteiger partial charge in [0.15, 0.2) is 0 Å². The van der Waals surface area contributed by atoms with Gasteiger partial charge in [-0.3, -0.25) is 0 Å². The summed E-state index contributed by atoms with van der Waals surface area (Å²) in [5.41, 5.74) is 9.59. The molecular formula is C15H17N. The number of hydrogen-bond donors (Lipinski definition) is 1. The normalized spacial score (nSPS) is 12.4. The Morgan fingerprint density at radius 2 is 1.44 bits per heavy atom. The lowest BCUT2D eigenvalue weighted by Crippen LogP contribution is -2.17. The van der Waals surface area contributed by atoms with E-state index in [0.717, 1.165) is 6.42 Å². The quantitative estimate of drug-likeness (QED) is 0.828. The maximum atomic E-state index is 5.77. The van der Waals surface area contributed by atoms with Gasteiger partial charge in [-0.1, -0.05) is 54.6 Å². The molecule has 0 heterocycles. The minimum atomic E-state index is 0.225. The Balaban J connectivity index is 2.20. The van der Waals surface area contributed by atoms with E-state index in [0.29, 0.717) is 0 Å². The van der Waals surface area contributed by atoms with Crippen LogP contribution >= 0.6 is 0 Å². The molecule has 2 N–H and O–H groups in total. The fourth-order valence-corrected chi connectivity index (χ4v) is 1.84. The first-order chi connectivity index (χ1) is 7.75. The van der Waals surface area contributed by atoms with Gasteiger partial charge in [-0.2, -0.15) is 0 Å². The van der Waals surface area contributed by atoms with Crippen molar-refractivity contribution in [3.8, 4) is 11.1 Å². The van der Waals surface area contributed by atoms with E-state index in [1.165, 1.54) is 16.7 Å². The maximum absolute atomic E-state index is 5.77. The summed E-state index contributed by atoms with van der Waals surface area (Å²) in [4.78, 5) is 0. The summed E-state index contributed by atoms with van der Waals surface area (Å²) in [6.07, 6.45) is 0.940. The van der Waals surface area contributed by atoms with E-state index >= 15 is 0 Å². The first-order valence-corrected chi connectivity index (χ1v) is 5.65. The molecule has 0 saturated carbocycles. The molecule has 0 aromatic heterocycles. The van der Waals surface area contributed by atoms with Gasteiger partial charge in [-0.15, -0.1) is 0 Å². The first kappa shape index (κ1) is 10.9. The highest BCUT2D eigenvalue weighted by atomic mass is 14.6. The summed E-state index contributed by atoms with van der Waals surface area (Å²) < 4.78 is 0. The van der Waals surface area contributed by atoms with Gasteiger partial charge in [0.2, 0.25) is 0 Å². The number of benzene rings is 2. The van der Waals surface area contributed by atoms with Crippen molar-refractivity contribution >= 4 is 0 Å². The van der Waals surface area contributed by atoms with E-state index < -0.39 is 0 Å². The molecule has 0 amide bonds.